The number of aliphatic hydroxyl groups is 1. The van der Waals surface area contributed by atoms with Crippen molar-refractivity contribution in [2.75, 3.05) is 32.8 Å². The summed E-state index contributed by atoms with van der Waals surface area (Å²) in [5, 5.41) is 10.6. The molecule has 1 atom stereocenters. The Labute approximate surface area is 143 Å². The molecule has 3 rings (SSSR count). The van der Waals surface area contributed by atoms with E-state index >= 15 is 0 Å². The zero-order valence-corrected chi connectivity index (χ0v) is 14.6. The second kappa shape index (κ2) is 7.36. The summed E-state index contributed by atoms with van der Waals surface area (Å²) < 4.78 is 0. The van der Waals surface area contributed by atoms with Crippen LogP contribution in [0.1, 0.15) is 24.6 Å². The maximum Gasteiger partial charge on any atom is 0.227 e. The summed E-state index contributed by atoms with van der Waals surface area (Å²) in [6.07, 6.45) is 1.39. The normalized spacial score (nSPS) is 17.4. The smallest absolute Gasteiger partial charge is 0.227 e. The topological polar surface area (TPSA) is 59.6 Å². The average molecular weight is 329 g/mol. The van der Waals surface area contributed by atoms with Gasteiger partial charge in [-0.15, -0.1) is 0 Å². The third-order valence-corrected chi connectivity index (χ3v) is 5.22. The van der Waals surface area contributed by atoms with Crippen LogP contribution in [0.15, 0.2) is 24.3 Å². The monoisotopic (exact) mass is 329 g/mol. The van der Waals surface area contributed by atoms with Crippen LogP contribution in [0.25, 0.3) is 10.9 Å². The number of hydrogen-bond donors (Lipinski definition) is 2. The first kappa shape index (κ1) is 17.0. The SMILES string of the molecule is CCC(CO)N1CCN(C(=O)Cc2c(C)[nH]c3ccccc23)CC1. The minimum atomic E-state index is 0.193. The summed E-state index contributed by atoms with van der Waals surface area (Å²) in [7, 11) is 0. The molecular formula is C19H27N3O2. The Kier molecular flexibility index (Phi) is 5.21. The number of aliphatic hydroxyl groups excluding tert-OH is 1. The Bertz CT molecular complexity index is 698. The van der Waals surface area contributed by atoms with Crippen molar-refractivity contribution in [3.05, 3.63) is 35.5 Å². The maximum absolute atomic E-state index is 12.7. The minimum absolute atomic E-state index is 0.193. The number of nitrogens with one attached hydrogen (secondary N) is 1. The fourth-order valence-corrected chi connectivity index (χ4v) is 3.66. The summed E-state index contributed by atoms with van der Waals surface area (Å²) in [6.45, 7) is 7.51. The number of amides is 1. The van der Waals surface area contributed by atoms with Crippen molar-refractivity contribution < 1.29 is 9.90 Å². The summed E-state index contributed by atoms with van der Waals surface area (Å²) >= 11 is 0. The molecule has 5 heteroatoms. The highest BCUT2D eigenvalue weighted by Gasteiger charge is 2.25. The number of piperazine rings is 1. The highest BCUT2D eigenvalue weighted by Crippen LogP contribution is 2.23. The molecule has 1 saturated heterocycles. The summed E-state index contributed by atoms with van der Waals surface area (Å²) in [4.78, 5) is 20.3. The van der Waals surface area contributed by atoms with Gasteiger partial charge in [-0.3, -0.25) is 9.69 Å². The lowest BCUT2D eigenvalue weighted by Crippen LogP contribution is -2.53. The van der Waals surface area contributed by atoms with Crippen molar-refractivity contribution in [1.29, 1.82) is 0 Å². The molecule has 2 heterocycles. The Balaban J connectivity index is 1.65. The maximum atomic E-state index is 12.7. The lowest BCUT2D eigenvalue weighted by molar-refractivity contribution is -0.132. The van der Waals surface area contributed by atoms with Gasteiger partial charge >= 0.3 is 0 Å². The number of benzene rings is 1. The molecule has 24 heavy (non-hydrogen) atoms. The quantitative estimate of drug-likeness (QED) is 0.881. The highest BCUT2D eigenvalue weighted by atomic mass is 16.3. The van der Waals surface area contributed by atoms with Gasteiger partial charge in [-0.25, -0.2) is 0 Å². The standard InChI is InChI=1S/C19H27N3O2/c1-3-15(13-23)21-8-10-22(11-9-21)19(24)12-17-14(2)20-18-7-5-4-6-16(17)18/h4-7,15,20,23H,3,8-13H2,1-2H3. The fourth-order valence-electron chi connectivity index (χ4n) is 3.66. The van der Waals surface area contributed by atoms with E-state index in [4.69, 9.17) is 0 Å². The van der Waals surface area contributed by atoms with E-state index in [-0.39, 0.29) is 18.6 Å². The predicted octanol–water partition coefficient (Wildman–Crippen LogP) is 1.93. The molecule has 1 amide bonds. The van der Waals surface area contributed by atoms with Crippen LogP contribution >= 0.6 is 0 Å². The Morgan fingerprint density at radius 2 is 1.96 bits per heavy atom. The molecule has 1 aliphatic rings. The van der Waals surface area contributed by atoms with Gasteiger partial charge in [0, 0.05) is 48.8 Å². The van der Waals surface area contributed by atoms with Crippen LogP contribution in [0.5, 0.6) is 0 Å². The van der Waals surface area contributed by atoms with E-state index in [0.29, 0.717) is 6.42 Å². The number of rotatable bonds is 5. The molecule has 1 aromatic heterocycles. The number of carbonyl (C=O) groups excluding carboxylic acids is 1. The van der Waals surface area contributed by atoms with Crippen molar-refractivity contribution in [2.24, 2.45) is 0 Å². The van der Waals surface area contributed by atoms with E-state index in [2.05, 4.69) is 28.9 Å². The first-order valence-electron chi connectivity index (χ1n) is 8.83. The molecule has 0 bridgehead atoms. The molecule has 1 unspecified atom stereocenters. The van der Waals surface area contributed by atoms with Crippen molar-refractivity contribution in [3.8, 4) is 0 Å². The molecule has 2 N–H and O–H groups in total. The van der Waals surface area contributed by atoms with E-state index in [9.17, 15) is 9.90 Å². The molecule has 0 radical (unpaired) electrons. The molecule has 0 spiro atoms. The number of aromatic nitrogens is 1. The lowest BCUT2D eigenvalue weighted by Gasteiger charge is -2.38. The van der Waals surface area contributed by atoms with Crippen molar-refractivity contribution >= 4 is 16.8 Å². The van der Waals surface area contributed by atoms with Gasteiger partial charge in [0.25, 0.3) is 0 Å². The molecule has 1 aromatic carbocycles. The molecule has 130 valence electrons. The summed E-state index contributed by atoms with van der Waals surface area (Å²) in [6, 6.07) is 8.37. The number of fused-ring (bicyclic) bond motifs is 1. The van der Waals surface area contributed by atoms with Crippen LogP contribution in [-0.4, -0.2) is 64.6 Å². The van der Waals surface area contributed by atoms with Crippen molar-refractivity contribution in [2.45, 2.75) is 32.7 Å². The van der Waals surface area contributed by atoms with Crippen LogP contribution in [0.4, 0.5) is 0 Å². The Hall–Kier alpha value is -1.85. The Morgan fingerprint density at radius 3 is 2.62 bits per heavy atom. The number of H-pyrrole nitrogens is 1. The van der Waals surface area contributed by atoms with E-state index < -0.39 is 0 Å². The van der Waals surface area contributed by atoms with Crippen LogP contribution in [0, 0.1) is 6.92 Å². The zero-order chi connectivity index (χ0) is 17.1. The zero-order valence-electron chi connectivity index (χ0n) is 14.6. The number of aryl methyl sites for hydroxylation is 1. The van der Waals surface area contributed by atoms with Gasteiger partial charge in [0.15, 0.2) is 0 Å². The number of carbonyl (C=O) groups is 1. The molecule has 1 fully saturated rings. The molecule has 2 aromatic rings. The van der Waals surface area contributed by atoms with E-state index in [1.165, 1.54) is 0 Å². The molecule has 0 aliphatic carbocycles. The van der Waals surface area contributed by atoms with Crippen LogP contribution < -0.4 is 0 Å². The number of para-hydroxylation sites is 1. The van der Waals surface area contributed by atoms with Gasteiger partial charge in [-0.1, -0.05) is 25.1 Å². The molecule has 5 nitrogen and oxygen atoms in total. The fraction of sp³-hybridized carbons (Fsp3) is 0.526. The van der Waals surface area contributed by atoms with Crippen molar-refractivity contribution in [3.63, 3.8) is 0 Å². The van der Waals surface area contributed by atoms with Crippen LogP contribution in [-0.2, 0) is 11.2 Å². The summed E-state index contributed by atoms with van der Waals surface area (Å²) in [5.41, 5.74) is 3.28. The van der Waals surface area contributed by atoms with E-state index in [1.807, 2.05) is 24.0 Å². The number of aromatic amines is 1. The third kappa shape index (κ3) is 3.32. The first-order chi connectivity index (χ1) is 11.6. The minimum Gasteiger partial charge on any atom is -0.395 e. The van der Waals surface area contributed by atoms with Gasteiger partial charge in [-0.05, 0) is 25.0 Å². The van der Waals surface area contributed by atoms with Gasteiger partial charge in [0.2, 0.25) is 5.91 Å². The molecule has 1 aliphatic heterocycles. The van der Waals surface area contributed by atoms with Gasteiger partial charge < -0.3 is 15.0 Å². The van der Waals surface area contributed by atoms with Gasteiger partial charge in [0.05, 0.1) is 13.0 Å². The largest absolute Gasteiger partial charge is 0.395 e. The third-order valence-electron chi connectivity index (χ3n) is 5.22. The number of nitrogens with zero attached hydrogens (tertiary/aromatic N) is 2. The Morgan fingerprint density at radius 1 is 1.25 bits per heavy atom. The predicted molar refractivity (Wildman–Crippen MR) is 96.1 cm³/mol. The first-order valence-corrected chi connectivity index (χ1v) is 8.83. The van der Waals surface area contributed by atoms with Gasteiger partial charge in [-0.2, -0.15) is 0 Å². The van der Waals surface area contributed by atoms with Crippen LogP contribution in [0.3, 0.4) is 0 Å². The highest BCUT2D eigenvalue weighted by molar-refractivity contribution is 5.90. The second-order valence-corrected chi connectivity index (χ2v) is 6.61. The number of hydrogen-bond acceptors (Lipinski definition) is 3. The molecular weight excluding hydrogens is 302 g/mol. The second-order valence-electron chi connectivity index (χ2n) is 6.61. The van der Waals surface area contributed by atoms with E-state index in [1.54, 1.807) is 0 Å². The van der Waals surface area contributed by atoms with Crippen LogP contribution in [0.2, 0.25) is 0 Å². The summed E-state index contributed by atoms with van der Waals surface area (Å²) in [5.74, 6) is 0.194. The molecule has 0 saturated carbocycles. The van der Waals surface area contributed by atoms with Gasteiger partial charge in [0.1, 0.15) is 0 Å². The van der Waals surface area contributed by atoms with Crippen molar-refractivity contribution in [1.82, 2.24) is 14.8 Å². The lowest BCUT2D eigenvalue weighted by atomic mass is 10.1. The average Bonchev–Trinajstić information content (AvgIpc) is 2.92. The van der Waals surface area contributed by atoms with E-state index in [0.717, 1.165) is 54.8 Å².